The molecule has 0 radical (unpaired) electrons. The molecule has 0 bridgehead atoms. The molecule has 0 saturated heterocycles. The summed E-state index contributed by atoms with van der Waals surface area (Å²) >= 11 is 0. The van der Waals surface area contributed by atoms with E-state index in [1.54, 1.807) is 11.0 Å². The smallest absolute Gasteiger partial charge is 0.310 e. The van der Waals surface area contributed by atoms with Crippen LogP contribution in [0, 0.1) is 17.8 Å². The highest BCUT2D eigenvalue weighted by Gasteiger charge is 2.24. The summed E-state index contributed by atoms with van der Waals surface area (Å²) in [4.78, 5) is 28.4. The SMILES string of the molecule is NNc1cc(=O)n(CC#CCn2cncn2)c(=O)n1CC1CC1. The van der Waals surface area contributed by atoms with E-state index in [9.17, 15) is 9.59 Å². The second kappa shape index (κ2) is 6.50. The molecule has 2 aromatic rings. The third-order valence-corrected chi connectivity index (χ3v) is 3.63. The molecule has 1 aliphatic carbocycles. The van der Waals surface area contributed by atoms with Crippen molar-refractivity contribution in [3.63, 3.8) is 0 Å². The second-order valence-corrected chi connectivity index (χ2v) is 5.38. The van der Waals surface area contributed by atoms with Crippen LogP contribution in [0.3, 0.4) is 0 Å². The minimum absolute atomic E-state index is 0.0296. The largest absolute Gasteiger partial charge is 0.333 e. The fourth-order valence-corrected chi connectivity index (χ4v) is 2.20. The van der Waals surface area contributed by atoms with Crippen molar-refractivity contribution in [3.8, 4) is 11.8 Å². The normalized spacial score (nSPS) is 13.4. The number of nitrogens with one attached hydrogen (secondary N) is 1. The molecule has 23 heavy (non-hydrogen) atoms. The quantitative estimate of drug-likeness (QED) is 0.416. The van der Waals surface area contributed by atoms with E-state index < -0.39 is 11.2 Å². The molecule has 1 aliphatic rings. The molecule has 9 heteroatoms. The van der Waals surface area contributed by atoms with Gasteiger partial charge in [-0.3, -0.25) is 9.36 Å². The van der Waals surface area contributed by atoms with Gasteiger partial charge in [-0.1, -0.05) is 11.8 Å². The first-order valence-electron chi connectivity index (χ1n) is 7.28. The van der Waals surface area contributed by atoms with Crippen molar-refractivity contribution in [2.24, 2.45) is 11.8 Å². The standard InChI is InChI=1S/C14H17N7O2/c15-18-12-7-13(22)20(14(23)21(12)8-11-3-4-11)6-2-1-5-19-10-16-9-17-19/h7,9-11,18H,3-6,8,15H2. The number of nitrogen functional groups attached to an aromatic ring is 1. The third kappa shape index (κ3) is 3.49. The molecule has 0 atom stereocenters. The molecule has 1 saturated carbocycles. The minimum Gasteiger partial charge on any atom is -0.310 e. The maximum absolute atomic E-state index is 12.5. The number of hydrogen-bond acceptors (Lipinski definition) is 6. The summed E-state index contributed by atoms with van der Waals surface area (Å²) in [5.41, 5.74) is 1.60. The number of hydrogen-bond donors (Lipinski definition) is 2. The molecule has 3 N–H and O–H groups in total. The van der Waals surface area contributed by atoms with Crippen LogP contribution in [0.25, 0.3) is 0 Å². The van der Waals surface area contributed by atoms with Crippen molar-refractivity contribution in [1.82, 2.24) is 23.9 Å². The van der Waals surface area contributed by atoms with Crippen LogP contribution in [0.4, 0.5) is 5.82 Å². The van der Waals surface area contributed by atoms with Crippen LogP contribution in [-0.2, 0) is 19.6 Å². The summed E-state index contributed by atoms with van der Waals surface area (Å²) in [5.74, 6) is 11.9. The molecular formula is C14H17N7O2. The van der Waals surface area contributed by atoms with Gasteiger partial charge in [-0.2, -0.15) is 5.10 Å². The van der Waals surface area contributed by atoms with Crippen LogP contribution < -0.4 is 22.5 Å². The first kappa shape index (κ1) is 15.1. The van der Waals surface area contributed by atoms with Gasteiger partial charge in [0.15, 0.2) is 0 Å². The van der Waals surface area contributed by atoms with Crippen molar-refractivity contribution in [3.05, 3.63) is 39.6 Å². The van der Waals surface area contributed by atoms with Crippen molar-refractivity contribution in [2.45, 2.75) is 32.5 Å². The minimum atomic E-state index is -0.426. The number of nitrogens with two attached hydrogens (primary N) is 1. The molecule has 120 valence electrons. The maximum atomic E-state index is 12.5. The van der Waals surface area contributed by atoms with Gasteiger partial charge in [-0.05, 0) is 18.8 Å². The lowest BCUT2D eigenvalue weighted by Crippen LogP contribution is -2.41. The van der Waals surface area contributed by atoms with Crippen molar-refractivity contribution in [2.75, 3.05) is 5.43 Å². The Kier molecular flexibility index (Phi) is 4.25. The topological polar surface area (TPSA) is 113 Å². The molecule has 0 aliphatic heterocycles. The highest BCUT2D eigenvalue weighted by Crippen LogP contribution is 2.30. The van der Waals surface area contributed by atoms with E-state index in [0.717, 1.165) is 17.4 Å². The lowest BCUT2D eigenvalue weighted by molar-refractivity contribution is 0.555. The van der Waals surface area contributed by atoms with Gasteiger partial charge < -0.3 is 5.43 Å². The summed E-state index contributed by atoms with van der Waals surface area (Å²) in [5, 5.41) is 3.92. The summed E-state index contributed by atoms with van der Waals surface area (Å²) in [6, 6.07) is 1.32. The number of aromatic nitrogens is 5. The average Bonchev–Trinajstić information content (AvgIpc) is 3.21. The lowest BCUT2D eigenvalue weighted by atomic mass is 10.4. The molecular weight excluding hydrogens is 298 g/mol. The van der Waals surface area contributed by atoms with Crippen LogP contribution in [0.5, 0.6) is 0 Å². The van der Waals surface area contributed by atoms with Crippen LogP contribution in [0.1, 0.15) is 12.8 Å². The van der Waals surface area contributed by atoms with Crippen molar-refractivity contribution < 1.29 is 0 Å². The third-order valence-electron chi connectivity index (χ3n) is 3.63. The fraction of sp³-hybridized carbons (Fsp3) is 0.429. The number of nitrogens with zero attached hydrogens (tertiary/aromatic N) is 5. The highest BCUT2D eigenvalue weighted by atomic mass is 16.2. The number of hydrazine groups is 1. The Bertz CT molecular complexity index is 850. The molecule has 3 rings (SSSR count). The Morgan fingerprint density at radius 3 is 2.70 bits per heavy atom. The van der Waals surface area contributed by atoms with E-state index in [1.165, 1.54) is 17.0 Å². The summed E-state index contributed by atoms with van der Waals surface area (Å²) < 4.78 is 4.17. The summed E-state index contributed by atoms with van der Waals surface area (Å²) in [7, 11) is 0. The van der Waals surface area contributed by atoms with Gasteiger partial charge >= 0.3 is 5.69 Å². The molecule has 2 heterocycles. The molecule has 1 fully saturated rings. The van der Waals surface area contributed by atoms with E-state index in [2.05, 4.69) is 27.3 Å². The fourth-order valence-electron chi connectivity index (χ4n) is 2.20. The molecule has 0 spiro atoms. The van der Waals surface area contributed by atoms with Crippen molar-refractivity contribution >= 4 is 5.82 Å². The van der Waals surface area contributed by atoms with Gasteiger partial charge in [0.2, 0.25) is 0 Å². The lowest BCUT2D eigenvalue weighted by Gasteiger charge is -2.13. The van der Waals surface area contributed by atoms with Gasteiger partial charge in [0.25, 0.3) is 5.56 Å². The van der Waals surface area contributed by atoms with E-state index >= 15 is 0 Å². The van der Waals surface area contributed by atoms with E-state index in [1.807, 2.05) is 0 Å². The van der Waals surface area contributed by atoms with Crippen LogP contribution in [-0.4, -0.2) is 23.9 Å². The molecule has 9 nitrogen and oxygen atoms in total. The van der Waals surface area contributed by atoms with E-state index in [4.69, 9.17) is 5.84 Å². The summed E-state index contributed by atoms with van der Waals surface area (Å²) in [6.07, 6.45) is 5.15. The Labute approximate surface area is 131 Å². The van der Waals surface area contributed by atoms with Gasteiger partial charge in [-0.15, -0.1) is 0 Å². The predicted octanol–water partition coefficient (Wildman–Crippen LogP) is -0.999. The molecule has 2 aromatic heterocycles. The van der Waals surface area contributed by atoms with Crippen LogP contribution in [0.15, 0.2) is 28.3 Å². The van der Waals surface area contributed by atoms with Crippen LogP contribution >= 0.6 is 0 Å². The Morgan fingerprint density at radius 2 is 2.04 bits per heavy atom. The van der Waals surface area contributed by atoms with Gasteiger partial charge in [0.05, 0.1) is 6.54 Å². The second-order valence-electron chi connectivity index (χ2n) is 5.38. The zero-order valence-electron chi connectivity index (χ0n) is 12.5. The van der Waals surface area contributed by atoms with Gasteiger partial charge in [-0.25, -0.2) is 24.9 Å². The first-order valence-corrected chi connectivity index (χ1v) is 7.28. The monoisotopic (exact) mass is 315 g/mol. The average molecular weight is 315 g/mol. The Morgan fingerprint density at radius 1 is 1.26 bits per heavy atom. The van der Waals surface area contributed by atoms with Crippen molar-refractivity contribution in [1.29, 1.82) is 0 Å². The zero-order chi connectivity index (χ0) is 16.2. The van der Waals surface area contributed by atoms with Gasteiger partial charge in [0.1, 0.15) is 25.0 Å². The molecule has 0 aromatic carbocycles. The summed E-state index contributed by atoms with van der Waals surface area (Å²) in [6.45, 7) is 0.945. The predicted molar refractivity (Wildman–Crippen MR) is 83.3 cm³/mol. The van der Waals surface area contributed by atoms with Crippen LogP contribution in [0.2, 0.25) is 0 Å². The maximum Gasteiger partial charge on any atom is 0.333 e. The van der Waals surface area contributed by atoms with E-state index in [0.29, 0.717) is 24.8 Å². The Hall–Kier alpha value is -2.86. The first-order chi connectivity index (χ1) is 11.2. The Balaban J connectivity index is 1.82. The van der Waals surface area contributed by atoms with Gasteiger partial charge in [0, 0.05) is 12.6 Å². The molecule has 0 unspecified atom stereocenters. The molecule has 0 amide bonds. The van der Waals surface area contributed by atoms with E-state index in [-0.39, 0.29) is 6.54 Å². The number of anilines is 1. The highest BCUT2D eigenvalue weighted by molar-refractivity contribution is 5.32. The number of rotatable bonds is 5. The zero-order valence-corrected chi connectivity index (χ0v) is 12.5.